The molecule has 3 N–H and O–H groups in total. The van der Waals surface area contributed by atoms with Gasteiger partial charge in [0.05, 0.1) is 6.04 Å². The topological polar surface area (TPSA) is 95.5 Å². The number of aliphatic carboxylic acids is 1. The summed E-state index contributed by atoms with van der Waals surface area (Å²) >= 11 is 1.55. The Hall–Kier alpha value is -2.20. The van der Waals surface area contributed by atoms with Gasteiger partial charge in [0.1, 0.15) is 6.04 Å². The normalized spacial score (nSPS) is 15.8. The van der Waals surface area contributed by atoms with E-state index in [-0.39, 0.29) is 38.2 Å². The molecule has 0 radical (unpaired) electrons. The van der Waals surface area contributed by atoms with Crippen molar-refractivity contribution in [2.24, 2.45) is 11.8 Å². The first-order chi connectivity index (χ1) is 18.7. The Bertz CT molecular complexity index is 1140. The van der Waals surface area contributed by atoms with E-state index in [2.05, 4.69) is 17.6 Å². The second kappa shape index (κ2) is 16.9. The van der Waals surface area contributed by atoms with Crippen LogP contribution in [0.3, 0.4) is 0 Å². The zero-order chi connectivity index (χ0) is 28.4. The first kappa shape index (κ1) is 34.0. The summed E-state index contributed by atoms with van der Waals surface area (Å²) < 4.78 is 0. The van der Waals surface area contributed by atoms with Gasteiger partial charge in [-0.15, -0.1) is 0 Å². The molecule has 0 heterocycles. The molecule has 214 valence electrons. The Labute approximate surface area is 257 Å². The predicted molar refractivity (Wildman–Crippen MR) is 161 cm³/mol. The van der Waals surface area contributed by atoms with Crippen molar-refractivity contribution in [3.63, 3.8) is 0 Å². The van der Waals surface area contributed by atoms with E-state index in [1.165, 1.54) is 32.1 Å². The molecule has 1 fully saturated rings. The predicted octanol–water partition coefficient (Wildman–Crippen LogP) is 3.89. The van der Waals surface area contributed by atoms with E-state index in [1.807, 2.05) is 56.5 Å². The average Bonchev–Trinajstić information content (AvgIpc) is 2.94. The zero-order valence-corrected chi connectivity index (χ0v) is 25.6. The number of aryl methyl sites for hydroxylation is 1. The van der Waals surface area contributed by atoms with Crippen LogP contribution >= 0.6 is 11.8 Å². The van der Waals surface area contributed by atoms with Gasteiger partial charge in [-0.05, 0) is 85.4 Å². The van der Waals surface area contributed by atoms with Gasteiger partial charge in [0.2, 0.25) is 5.91 Å². The molecule has 6 nitrogen and oxygen atoms in total. The van der Waals surface area contributed by atoms with Gasteiger partial charge >= 0.3 is 24.8 Å². The van der Waals surface area contributed by atoms with E-state index < -0.39 is 17.9 Å². The van der Waals surface area contributed by atoms with Crippen LogP contribution in [-0.2, 0) is 9.59 Å². The third-order valence-corrected chi connectivity index (χ3v) is 8.65. The van der Waals surface area contributed by atoms with Crippen molar-refractivity contribution in [1.82, 2.24) is 10.6 Å². The molecule has 0 aromatic heterocycles. The molecule has 3 atom stereocenters. The number of rotatable bonds is 13. The first-order valence-electron chi connectivity index (χ1n) is 14.3. The SMILES string of the molecule is CCC(CC1CCCCC1)C(=O)NC(C)c1ccc(C(=O)NC(CCSC)C(=O)O)c(-c2ccccc2C)c1.[H-].[Li+]. The largest absolute Gasteiger partial charge is 1.00 e. The molecule has 2 amide bonds. The number of hydrogen-bond donors (Lipinski definition) is 3. The molecule has 8 heteroatoms. The van der Waals surface area contributed by atoms with E-state index in [0.717, 1.165) is 35.1 Å². The van der Waals surface area contributed by atoms with Gasteiger partial charge in [-0.25, -0.2) is 4.79 Å². The number of thioether (sulfide) groups is 1. The van der Waals surface area contributed by atoms with Crippen LogP contribution in [0.15, 0.2) is 42.5 Å². The van der Waals surface area contributed by atoms with Crippen LogP contribution in [-0.4, -0.2) is 40.9 Å². The van der Waals surface area contributed by atoms with Crippen molar-refractivity contribution >= 4 is 29.5 Å². The van der Waals surface area contributed by atoms with Crippen LogP contribution in [0.4, 0.5) is 0 Å². The van der Waals surface area contributed by atoms with Gasteiger partial charge in [-0.3, -0.25) is 9.59 Å². The van der Waals surface area contributed by atoms with Crippen LogP contribution in [0, 0.1) is 18.8 Å². The van der Waals surface area contributed by atoms with Gasteiger partial charge < -0.3 is 17.2 Å². The van der Waals surface area contributed by atoms with Crippen molar-refractivity contribution in [3.8, 4) is 11.1 Å². The third kappa shape index (κ3) is 9.43. The summed E-state index contributed by atoms with van der Waals surface area (Å²) in [5.74, 6) is -0.0817. The molecule has 1 aliphatic carbocycles. The molecule has 0 saturated heterocycles. The quantitative estimate of drug-likeness (QED) is 0.323. The van der Waals surface area contributed by atoms with Crippen molar-refractivity contribution in [2.45, 2.75) is 84.2 Å². The van der Waals surface area contributed by atoms with Crippen LogP contribution in [0.25, 0.3) is 11.1 Å². The summed E-state index contributed by atoms with van der Waals surface area (Å²) in [4.78, 5) is 38.4. The van der Waals surface area contributed by atoms with E-state index in [9.17, 15) is 19.5 Å². The summed E-state index contributed by atoms with van der Waals surface area (Å²) in [6.45, 7) is 6.06. The maximum atomic E-state index is 13.4. The van der Waals surface area contributed by atoms with Gasteiger partial charge in [-0.2, -0.15) is 11.8 Å². The van der Waals surface area contributed by atoms with Gasteiger partial charge in [0, 0.05) is 11.5 Å². The number of carbonyl (C=O) groups excluding carboxylic acids is 2. The fraction of sp³-hybridized carbons (Fsp3) is 0.531. The number of carboxylic acids is 1. The maximum absolute atomic E-state index is 13.4. The molecule has 2 aromatic carbocycles. The molecule has 0 spiro atoms. The van der Waals surface area contributed by atoms with E-state index in [1.54, 1.807) is 17.8 Å². The molecule has 1 saturated carbocycles. The Balaban J connectivity index is 0.00000420. The Morgan fingerprint density at radius 1 is 1.05 bits per heavy atom. The van der Waals surface area contributed by atoms with Crippen molar-refractivity contribution in [3.05, 3.63) is 59.2 Å². The summed E-state index contributed by atoms with van der Waals surface area (Å²) in [5.41, 5.74) is 3.97. The molecule has 3 unspecified atom stereocenters. The van der Waals surface area contributed by atoms with Gasteiger partial charge in [-0.1, -0.05) is 69.4 Å². The Morgan fingerprint density at radius 3 is 2.38 bits per heavy atom. The number of benzene rings is 2. The van der Waals surface area contributed by atoms with Crippen LogP contribution in [0.1, 0.15) is 94.2 Å². The second-order valence-corrected chi connectivity index (χ2v) is 11.8. The smallest absolute Gasteiger partial charge is 1.00 e. The van der Waals surface area contributed by atoms with Crippen LogP contribution in [0.2, 0.25) is 0 Å². The summed E-state index contributed by atoms with van der Waals surface area (Å²) in [7, 11) is 0. The molecule has 3 rings (SSSR count). The van der Waals surface area contributed by atoms with Gasteiger partial charge in [0.25, 0.3) is 5.91 Å². The molecule has 40 heavy (non-hydrogen) atoms. The van der Waals surface area contributed by atoms with Gasteiger partial charge in [0.15, 0.2) is 0 Å². The standard InChI is InChI=1S/C32H44N2O4S.Li.H/c1-5-24(19-23-12-7-6-8-13-23)30(35)33-22(3)25-15-16-27(28(20-25)26-14-10-9-11-21(26)2)31(36)34-29(32(37)38)17-18-39-4;;/h9-11,14-16,20,22-24,29H,5-8,12-13,17-19H2,1-4H3,(H,33,35)(H,34,36)(H,37,38);;/q;+1;-1. The van der Waals surface area contributed by atoms with E-state index in [0.29, 0.717) is 23.7 Å². The number of nitrogens with one attached hydrogen (secondary N) is 2. The second-order valence-electron chi connectivity index (χ2n) is 10.8. The van der Waals surface area contributed by atoms with Crippen LogP contribution in [0.5, 0.6) is 0 Å². The van der Waals surface area contributed by atoms with E-state index >= 15 is 0 Å². The summed E-state index contributed by atoms with van der Waals surface area (Å²) in [6, 6.07) is 12.2. The minimum Gasteiger partial charge on any atom is -1.00 e. The van der Waals surface area contributed by atoms with Crippen molar-refractivity contribution in [2.75, 3.05) is 12.0 Å². The molecule has 0 bridgehead atoms. The average molecular weight is 561 g/mol. The number of carbonyl (C=O) groups is 3. The fourth-order valence-corrected chi connectivity index (χ4v) is 6.03. The molecule has 0 aliphatic heterocycles. The minimum atomic E-state index is -1.04. The Morgan fingerprint density at radius 2 is 1.75 bits per heavy atom. The summed E-state index contributed by atoms with van der Waals surface area (Å²) in [5, 5.41) is 15.6. The molecular formula is C32H45LiN2O4S. The number of amides is 2. The Kier molecular flexibility index (Phi) is 14.4. The molecule has 1 aliphatic rings. The third-order valence-electron chi connectivity index (χ3n) is 8.00. The first-order valence-corrected chi connectivity index (χ1v) is 15.7. The molecular weight excluding hydrogens is 515 g/mol. The summed E-state index contributed by atoms with van der Waals surface area (Å²) in [6.07, 6.45) is 10.3. The van der Waals surface area contributed by atoms with Crippen molar-refractivity contribution < 1.29 is 39.8 Å². The zero-order valence-electron chi connectivity index (χ0n) is 25.8. The fourth-order valence-electron chi connectivity index (χ4n) is 5.56. The number of carboxylic acid groups (broad SMARTS) is 1. The monoisotopic (exact) mass is 560 g/mol. The number of hydrogen-bond acceptors (Lipinski definition) is 4. The minimum absolute atomic E-state index is 0. The van der Waals surface area contributed by atoms with Crippen molar-refractivity contribution in [1.29, 1.82) is 0 Å². The van der Waals surface area contributed by atoms with Crippen LogP contribution < -0.4 is 29.5 Å². The maximum Gasteiger partial charge on any atom is 1.00 e. The van der Waals surface area contributed by atoms with E-state index in [4.69, 9.17) is 0 Å². The molecule has 2 aromatic rings.